The molecule has 0 amide bonds. The molecule has 2 unspecified atom stereocenters. The zero-order chi connectivity index (χ0) is 7.72. The Hall–Kier alpha value is -0.0400. The Bertz CT molecular complexity index is 93.3. The van der Waals surface area contributed by atoms with Crippen LogP contribution in [0.25, 0.3) is 0 Å². The molecular formula is C9H19N. The smallest absolute Gasteiger partial charge is 0.0133 e. The first kappa shape index (κ1) is 8.06. The molecule has 0 aliphatic carbocycles. The molecule has 0 saturated carbocycles. The highest BCUT2D eigenvalue weighted by molar-refractivity contribution is 4.91. The number of hydrogen-bond donors (Lipinski definition) is 1. The topological polar surface area (TPSA) is 12.0 Å². The van der Waals surface area contributed by atoms with E-state index < -0.39 is 0 Å². The third-order valence-corrected chi connectivity index (χ3v) is 2.63. The van der Waals surface area contributed by atoms with E-state index in [1.165, 1.54) is 6.54 Å². The average molecular weight is 141 g/mol. The molecule has 0 aromatic carbocycles. The van der Waals surface area contributed by atoms with Gasteiger partial charge in [-0.25, -0.2) is 0 Å². The molecule has 1 rings (SSSR count). The molecule has 1 heteroatoms. The van der Waals surface area contributed by atoms with Gasteiger partial charge in [0.1, 0.15) is 0 Å². The quantitative estimate of drug-likeness (QED) is 0.619. The van der Waals surface area contributed by atoms with Crippen LogP contribution in [0.3, 0.4) is 0 Å². The first-order valence-electron chi connectivity index (χ1n) is 4.36. The van der Waals surface area contributed by atoms with E-state index in [4.69, 9.17) is 0 Å². The highest BCUT2D eigenvalue weighted by Gasteiger charge is 2.34. The summed E-state index contributed by atoms with van der Waals surface area (Å²) in [6.45, 7) is 10.5. The minimum absolute atomic E-state index is 0.792. The van der Waals surface area contributed by atoms with E-state index in [9.17, 15) is 0 Å². The van der Waals surface area contributed by atoms with Crippen LogP contribution in [-0.4, -0.2) is 12.6 Å². The van der Waals surface area contributed by atoms with Gasteiger partial charge in [-0.2, -0.15) is 0 Å². The van der Waals surface area contributed by atoms with E-state index in [2.05, 4.69) is 33.0 Å². The normalized spacial score (nSPS) is 33.0. The molecule has 0 spiro atoms. The van der Waals surface area contributed by atoms with Crippen LogP contribution in [-0.2, 0) is 0 Å². The van der Waals surface area contributed by atoms with Crippen molar-refractivity contribution in [2.24, 2.45) is 17.8 Å². The third-order valence-electron chi connectivity index (χ3n) is 2.63. The van der Waals surface area contributed by atoms with Crippen LogP contribution in [0, 0.1) is 17.8 Å². The van der Waals surface area contributed by atoms with Gasteiger partial charge in [-0.1, -0.05) is 27.7 Å². The van der Waals surface area contributed by atoms with Crippen molar-refractivity contribution in [1.29, 1.82) is 0 Å². The zero-order valence-corrected chi connectivity index (χ0v) is 7.52. The lowest BCUT2D eigenvalue weighted by atomic mass is 9.77. The van der Waals surface area contributed by atoms with Gasteiger partial charge >= 0.3 is 0 Å². The van der Waals surface area contributed by atoms with Crippen LogP contribution < -0.4 is 5.32 Å². The summed E-state index contributed by atoms with van der Waals surface area (Å²) in [5.41, 5.74) is 0. The summed E-state index contributed by atoms with van der Waals surface area (Å²) in [6, 6.07) is 0.792. The van der Waals surface area contributed by atoms with Gasteiger partial charge in [0.15, 0.2) is 0 Å². The van der Waals surface area contributed by atoms with Crippen molar-refractivity contribution in [3.8, 4) is 0 Å². The van der Waals surface area contributed by atoms with Crippen molar-refractivity contribution < 1.29 is 0 Å². The molecule has 0 radical (unpaired) electrons. The fourth-order valence-corrected chi connectivity index (χ4v) is 1.77. The lowest BCUT2D eigenvalue weighted by molar-refractivity contribution is 0.131. The molecule has 1 aliphatic rings. The Balaban J connectivity index is 2.36. The molecule has 0 bridgehead atoms. The molecule has 1 aliphatic heterocycles. The Labute approximate surface area is 64.2 Å². The van der Waals surface area contributed by atoms with Crippen LogP contribution >= 0.6 is 0 Å². The van der Waals surface area contributed by atoms with Crippen LogP contribution in [0.1, 0.15) is 27.7 Å². The van der Waals surface area contributed by atoms with Crippen LogP contribution in [0.4, 0.5) is 0 Å². The summed E-state index contributed by atoms with van der Waals surface area (Å²) in [7, 11) is 0. The molecular weight excluding hydrogens is 122 g/mol. The second-order valence-electron chi connectivity index (χ2n) is 4.09. The first-order valence-corrected chi connectivity index (χ1v) is 4.36. The highest BCUT2D eigenvalue weighted by atomic mass is 15.0. The Morgan fingerprint density at radius 1 is 1.10 bits per heavy atom. The third kappa shape index (κ3) is 1.34. The van der Waals surface area contributed by atoms with E-state index in [-0.39, 0.29) is 0 Å². The molecule has 60 valence electrons. The van der Waals surface area contributed by atoms with E-state index >= 15 is 0 Å². The van der Waals surface area contributed by atoms with Gasteiger partial charge in [0.05, 0.1) is 0 Å². The van der Waals surface area contributed by atoms with Gasteiger partial charge in [0, 0.05) is 6.04 Å². The van der Waals surface area contributed by atoms with Crippen molar-refractivity contribution in [2.45, 2.75) is 33.7 Å². The van der Waals surface area contributed by atoms with Crippen LogP contribution in [0.5, 0.6) is 0 Å². The Morgan fingerprint density at radius 3 is 1.80 bits per heavy atom. The number of nitrogens with one attached hydrogen (secondary N) is 1. The first-order chi connectivity index (χ1) is 4.63. The second-order valence-corrected chi connectivity index (χ2v) is 4.09. The Morgan fingerprint density at radius 2 is 1.70 bits per heavy atom. The number of hydrogen-bond acceptors (Lipinski definition) is 1. The zero-order valence-electron chi connectivity index (χ0n) is 7.52. The molecule has 0 aromatic heterocycles. The maximum atomic E-state index is 3.48. The van der Waals surface area contributed by atoms with E-state index in [0.29, 0.717) is 0 Å². The standard InChI is InChI=1S/C9H19N/c1-6(2)8-5-10-9(8)7(3)4/h6-10H,5H2,1-4H3. The molecule has 1 fully saturated rings. The van der Waals surface area contributed by atoms with Gasteiger partial charge in [-0.3, -0.25) is 0 Å². The summed E-state index contributed by atoms with van der Waals surface area (Å²) in [6.07, 6.45) is 0. The largest absolute Gasteiger partial charge is 0.313 e. The van der Waals surface area contributed by atoms with E-state index in [1.54, 1.807) is 0 Å². The summed E-state index contributed by atoms with van der Waals surface area (Å²) >= 11 is 0. The minimum Gasteiger partial charge on any atom is -0.313 e. The predicted octanol–water partition coefficient (Wildman–Crippen LogP) is 1.89. The predicted molar refractivity (Wildman–Crippen MR) is 45.0 cm³/mol. The molecule has 0 aromatic rings. The van der Waals surface area contributed by atoms with Gasteiger partial charge in [0.2, 0.25) is 0 Å². The number of rotatable bonds is 2. The van der Waals surface area contributed by atoms with E-state index in [0.717, 1.165) is 23.8 Å². The monoisotopic (exact) mass is 141 g/mol. The van der Waals surface area contributed by atoms with Gasteiger partial charge in [0.25, 0.3) is 0 Å². The fourth-order valence-electron chi connectivity index (χ4n) is 1.77. The van der Waals surface area contributed by atoms with Gasteiger partial charge < -0.3 is 5.32 Å². The Kier molecular flexibility index (Phi) is 2.35. The molecule has 1 saturated heterocycles. The van der Waals surface area contributed by atoms with Gasteiger partial charge in [-0.05, 0) is 24.3 Å². The van der Waals surface area contributed by atoms with Crippen molar-refractivity contribution >= 4 is 0 Å². The summed E-state index contributed by atoms with van der Waals surface area (Å²) in [5, 5.41) is 3.48. The van der Waals surface area contributed by atoms with Crippen molar-refractivity contribution in [1.82, 2.24) is 5.32 Å². The summed E-state index contributed by atoms with van der Waals surface area (Å²) in [5.74, 6) is 2.59. The average Bonchev–Trinajstić information content (AvgIpc) is 1.56. The maximum Gasteiger partial charge on any atom is 0.0133 e. The van der Waals surface area contributed by atoms with Crippen LogP contribution in [0.2, 0.25) is 0 Å². The van der Waals surface area contributed by atoms with Crippen LogP contribution in [0.15, 0.2) is 0 Å². The fraction of sp³-hybridized carbons (Fsp3) is 1.00. The van der Waals surface area contributed by atoms with Crippen molar-refractivity contribution in [3.05, 3.63) is 0 Å². The van der Waals surface area contributed by atoms with E-state index in [1.807, 2.05) is 0 Å². The molecule has 1 heterocycles. The molecule has 1 nitrogen and oxygen atoms in total. The summed E-state index contributed by atoms with van der Waals surface area (Å²) < 4.78 is 0. The second kappa shape index (κ2) is 2.91. The minimum atomic E-state index is 0.792. The molecule has 2 atom stereocenters. The summed E-state index contributed by atoms with van der Waals surface area (Å²) in [4.78, 5) is 0. The molecule has 1 N–H and O–H groups in total. The lowest BCUT2D eigenvalue weighted by Crippen LogP contribution is -2.57. The lowest BCUT2D eigenvalue weighted by Gasteiger charge is -2.43. The highest BCUT2D eigenvalue weighted by Crippen LogP contribution is 2.26. The SMILES string of the molecule is CC(C)C1CNC1C(C)C. The van der Waals surface area contributed by atoms with Gasteiger partial charge in [-0.15, -0.1) is 0 Å². The van der Waals surface area contributed by atoms with Crippen molar-refractivity contribution in [3.63, 3.8) is 0 Å². The molecule has 10 heavy (non-hydrogen) atoms. The maximum absolute atomic E-state index is 3.48. The van der Waals surface area contributed by atoms with Crippen molar-refractivity contribution in [2.75, 3.05) is 6.54 Å².